The summed E-state index contributed by atoms with van der Waals surface area (Å²) < 4.78 is 0.758. The monoisotopic (exact) mass is 284 g/mol. The van der Waals surface area contributed by atoms with E-state index in [-0.39, 0.29) is 5.41 Å². The molecule has 3 rings (SSSR count). The SMILES string of the molecule is Cc1[nH]c(C2(c3ccccc3)CC2)nc(=S)c1C(C)C. The van der Waals surface area contributed by atoms with E-state index in [1.54, 1.807) is 0 Å². The van der Waals surface area contributed by atoms with E-state index in [1.807, 2.05) is 0 Å². The van der Waals surface area contributed by atoms with Gasteiger partial charge in [-0.1, -0.05) is 56.4 Å². The molecule has 0 amide bonds. The van der Waals surface area contributed by atoms with E-state index < -0.39 is 0 Å². The lowest BCUT2D eigenvalue weighted by Crippen LogP contribution is -2.15. The molecule has 1 fully saturated rings. The first kappa shape index (κ1) is 13.5. The minimum absolute atomic E-state index is 0.0646. The van der Waals surface area contributed by atoms with Crippen molar-refractivity contribution >= 4 is 12.2 Å². The molecular formula is C17H20N2S. The van der Waals surface area contributed by atoms with E-state index >= 15 is 0 Å². The lowest BCUT2D eigenvalue weighted by atomic mass is 9.94. The molecule has 0 radical (unpaired) electrons. The molecule has 1 N–H and O–H groups in total. The Morgan fingerprint density at radius 2 is 1.85 bits per heavy atom. The predicted molar refractivity (Wildman–Crippen MR) is 84.7 cm³/mol. The first-order valence-corrected chi connectivity index (χ1v) is 7.62. The molecule has 0 aliphatic heterocycles. The summed E-state index contributed by atoms with van der Waals surface area (Å²) in [7, 11) is 0. The molecule has 104 valence electrons. The number of aryl methyl sites for hydroxylation is 1. The quantitative estimate of drug-likeness (QED) is 0.831. The highest BCUT2D eigenvalue weighted by molar-refractivity contribution is 7.71. The first-order valence-electron chi connectivity index (χ1n) is 7.21. The van der Waals surface area contributed by atoms with Crippen LogP contribution in [-0.4, -0.2) is 9.97 Å². The fraction of sp³-hybridized carbons (Fsp3) is 0.412. The van der Waals surface area contributed by atoms with E-state index in [1.165, 1.54) is 11.1 Å². The zero-order chi connectivity index (χ0) is 14.3. The fourth-order valence-electron chi connectivity index (χ4n) is 3.05. The van der Waals surface area contributed by atoms with Crippen LogP contribution in [0.3, 0.4) is 0 Å². The highest BCUT2D eigenvalue weighted by Crippen LogP contribution is 2.52. The zero-order valence-corrected chi connectivity index (χ0v) is 13.1. The molecule has 3 heteroatoms. The van der Waals surface area contributed by atoms with Crippen molar-refractivity contribution in [2.45, 2.75) is 44.9 Å². The number of nitrogens with zero attached hydrogens (tertiary/aromatic N) is 1. The second-order valence-electron chi connectivity index (χ2n) is 6.03. The molecule has 2 nitrogen and oxygen atoms in total. The lowest BCUT2D eigenvalue weighted by Gasteiger charge is -2.18. The molecule has 0 unspecified atom stereocenters. The van der Waals surface area contributed by atoms with Crippen LogP contribution in [0.1, 0.15) is 55.3 Å². The Hall–Kier alpha value is -1.48. The summed E-state index contributed by atoms with van der Waals surface area (Å²) in [5.41, 5.74) is 3.74. The molecule has 20 heavy (non-hydrogen) atoms. The van der Waals surface area contributed by atoms with Gasteiger partial charge in [-0.25, -0.2) is 4.98 Å². The van der Waals surface area contributed by atoms with Gasteiger partial charge in [0.2, 0.25) is 0 Å². The third-order valence-corrected chi connectivity index (χ3v) is 4.57. The van der Waals surface area contributed by atoms with Gasteiger partial charge in [0.25, 0.3) is 0 Å². The van der Waals surface area contributed by atoms with Crippen molar-refractivity contribution in [2.75, 3.05) is 0 Å². The Kier molecular flexibility index (Phi) is 3.25. The third kappa shape index (κ3) is 2.10. The van der Waals surface area contributed by atoms with E-state index in [0.717, 1.165) is 29.0 Å². The van der Waals surface area contributed by atoms with Crippen LogP contribution >= 0.6 is 12.2 Å². The molecule has 0 saturated heterocycles. The molecule has 1 saturated carbocycles. The van der Waals surface area contributed by atoms with E-state index in [2.05, 4.69) is 56.1 Å². The Morgan fingerprint density at radius 3 is 2.35 bits per heavy atom. The van der Waals surface area contributed by atoms with Gasteiger partial charge in [-0.05, 0) is 31.2 Å². The minimum Gasteiger partial charge on any atom is -0.346 e. The third-order valence-electron chi connectivity index (χ3n) is 4.26. The molecule has 1 aliphatic rings. The minimum atomic E-state index is 0.0646. The van der Waals surface area contributed by atoms with Crippen LogP contribution in [0.25, 0.3) is 0 Å². The summed E-state index contributed by atoms with van der Waals surface area (Å²) in [6.45, 7) is 6.44. The van der Waals surface area contributed by atoms with E-state index in [4.69, 9.17) is 17.2 Å². The number of benzene rings is 1. The van der Waals surface area contributed by atoms with Crippen molar-refractivity contribution in [1.29, 1.82) is 0 Å². The van der Waals surface area contributed by atoms with Gasteiger partial charge < -0.3 is 4.98 Å². The highest BCUT2D eigenvalue weighted by Gasteiger charge is 2.48. The number of hydrogen-bond donors (Lipinski definition) is 1. The molecular weight excluding hydrogens is 264 g/mol. The standard InChI is InChI=1S/C17H20N2S/c1-11(2)14-12(3)18-16(19-15(14)20)17(9-10-17)13-7-5-4-6-8-13/h4-8,11H,9-10H2,1-3H3,(H,18,19,20). The molecule has 0 bridgehead atoms. The summed E-state index contributed by atoms with van der Waals surface area (Å²) in [4.78, 5) is 8.25. The molecule has 0 atom stereocenters. The molecule has 1 aromatic carbocycles. The Labute approximate surface area is 125 Å². The zero-order valence-electron chi connectivity index (χ0n) is 12.2. The number of hydrogen-bond acceptors (Lipinski definition) is 2. The van der Waals surface area contributed by atoms with Crippen LogP contribution in [0, 0.1) is 11.6 Å². The number of aromatic nitrogens is 2. The largest absolute Gasteiger partial charge is 0.346 e. The predicted octanol–water partition coefficient (Wildman–Crippen LogP) is 4.65. The van der Waals surface area contributed by atoms with Crippen LogP contribution in [0.15, 0.2) is 30.3 Å². The molecule has 2 aromatic rings. The Bertz CT molecular complexity index is 682. The number of H-pyrrole nitrogens is 1. The summed E-state index contributed by atoms with van der Waals surface area (Å²) in [6, 6.07) is 10.6. The van der Waals surface area contributed by atoms with Gasteiger partial charge in [-0.3, -0.25) is 0 Å². The van der Waals surface area contributed by atoms with Crippen molar-refractivity contribution < 1.29 is 0 Å². The van der Waals surface area contributed by atoms with Crippen LogP contribution < -0.4 is 0 Å². The van der Waals surface area contributed by atoms with E-state index in [0.29, 0.717) is 5.92 Å². The van der Waals surface area contributed by atoms with Crippen LogP contribution in [0.2, 0.25) is 0 Å². The van der Waals surface area contributed by atoms with Gasteiger partial charge >= 0.3 is 0 Å². The number of aromatic amines is 1. The maximum Gasteiger partial charge on any atom is 0.133 e. The molecule has 1 aliphatic carbocycles. The maximum absolute atomic E-state index is 5.52. The Morgan fingerprint density at radius 1 is 1.20 bits per heavy atom. The van der Waals surface area contributed by atoms with Crippen molar-refractivity contribution in [3.63, 3.8) is 0 Å². The highest BCUT2D eigenvalue weighted by atomic mass is 32.1. The lowest BCUT2D eigenvalue weighted by molar-refractivity contribution is 0.722. The second-order valence-corrected chi connectivity index (χ2v) is 6.42. The van der Waals surface area contributed by atoms with Crippen molar-refractivity contribution in [1.82, 2.24) is 9.97 Å². The number of nitrogens with one attached hydrogen (secondary N) is 1. The molecule has 0 spiro atoms. The van der Waals surface area contributed by atoms with Crippen LogP contribution in [0.4, 0.5) is 0 Å². The van der Waals surface area contributed by atoms with Crippen LogP contribution in [-0.2, 0) is 5.41 Å². The molecule has 1 heterocycles. The summed E-state index contributed by atoms with van der Waals surface area (Å²) in [5.74, 6) is 1.45. The summed E-state index contributed by atoms with van der Waals surface area (Å²) in [5, 5.41) is 0. The van der Waals surface area contributed by atoms with Crippen molar-refractivity contribution in [3.8, 4) is 0 Å². The smallest absolute Gasteiger partial charge is 0.133 e. The van der Waals surface area contributed by atoms with Gasteiger partial charge in [0.05, 0.1) is 5.41 Å². The van der Waals surface area contributed by atoms with Gasteiger partial charge in [0, 0.05) is 11.3 Å². The molecule has 1 aromatic heterocycles. The topological polar surface area (TPSA) is 28.7 Å². The summed E-state index contributed by atoms with van der Waals surface area (Å²) in [6.07, 6.45) is 2.30. The van der Waals surface area contributed by atoms with Crippen molar-refractivity contribution in [2.24, 2.45) is 0 Å². The van der Waals surface area contributed by atoms with Gasteiger partial charge in [-0.2, -0.15) is 0 Å². The Balaban J connectivity index is 2.11. The second kappa shape index (κ2) is 4.81. The average molecular weight is 284 g/mol. The maximum atomic E-state index is 5.52. The van der Waals surface area contributed by atoms with Gasteiger partial charge in [0.1, 0.15) is 10.5 Å². The van der Waals surface area contributed by atoms with Gasteiger partial charge in [0.15, 0.2) is 0 Å². The van der Waals surface area contributed by atoms with Gasteiger partial charge in [-0.15, -0.1) is 0 Å². The summed E-state index contributed by atoms with van der Waals surface area (Å²) >= 11 is 5.52. The van der Waals surface area contributed by atoms with Crippen LogP contribution in [0.5, 0.6) is 0 Å². The average Bonchev–Trinajstić information content (AvgIpc) is 3.20. The van der Waals surface area contributed by atoms with E-state index in [9.17, 15) is 0 Å². The normalized spacial score (nSPS) is 16.4. The first-order chi connectivity index (χ1) is 9.54. The van der Waals surface area contributed by atoms with Crippen molar-refractivity contribution in [3.05, 3.63) is 57.6 Å². The fourth-order valence-corrected chi connectivity index (χ4v) is 3.53. The number of rotatable bonds is 3.